The average Bonchev–Trinajstić information content (AvgIpc) is 3.03. The van der Waals surface area contributed by atoms with Crippen LogP contribution in [0.2, 0.25) is 0 Å². The van der Waals surface area contributed by atoms with E-state index in [-0.39, 0.29) is 5.16 Å². The number of nitrogens with one attached hydrogen (secondary N) is 1. The maximum Gasteiger partial charge on any atom is 0.237 e. The van der Waals surface area contributed by atoms with Crippen LogP contribution in [-0.4, -0.2) is 31.0 Å². The number of hydrogen-bond donors (Lipinski definition) is 2. The molecule has 140 valence electrons. The number of rotatable bonds is 5. The molecule has 7 nitrogen and oxygen atoms in total. The number of aromatic nitrogens is 4. The van der Waals surface area contributed by atoms with Crippen LogP contribution in [0.15, 0.2) is 41.8 Å². The lowest BCUT2D eigenvalue weighted by Crippen LogP contribution is -2.24. The summed E-state index contributed by atoms with van der Waals surface area (Å²) in [5.41, 5.74) is 0.178. The first-order valence-electron chi connectivity index (χ1n) is 7.60. The van der Waals surface area contributed by atoms with Crippen molar-refractivity contribution in [1.82, 2.24) is 19.9 Å². The summed E-state index contributed by atoms with van der Waals surface area (Å²) in [6, 6.07) is 5.12. The summed E-state index contributed by atoms with van der Waals surface area (Å²) in [7, 11) is 0. The lowest BCUT2D eigenvalue weighted by molar-refractivity contribution is -0.115. The van der Waals surface area contributed by atoms with Crippen LogP contribution >= 0.6 is 11.8 Å². The van der Waals surface area contributed by atoms with E-state index in [1.807, 2.05) is 0 Å². The van der Waals surface area contributed by atoms with Gasteiger partial charge in [0, 0.05) is 18.0 Å². The highest BCUT2D eigenvalue weighted by atomic mass is 32.2. The van der Waals surface area contributed by atoms with Crippen LogP contribution < -0.4 is 11.2 Å². The Labute approximate surface area is 155 Å². The zero-order valence-corrected chi connectivity index (χ0v) is 14.7. The summed E-state index contributed by atoms with van der Waals surface area (Å²) in [5, 5.41) is 9.56. The molecule has 0 aliphatic heterocycles. The molecule has 3 N–H and O–H groups in total. The second kappa shape index (κ2) is 7.66. The maximum atomic E-state index is 13.7. The van der Waals surface area contributed by atoms with E-state index in [1.54, 1.807) is 24.5 Å². The number of thioether (sulfide) groups is 1. The van der Waals surface area contributed by atoms with Crippen LogP contribution in [0.1, 0.15) is 6.92 Å². The minimum Gasteiger partial charge on any atom is -0.335 e. The number of nitrogens with zero attached hydrogens (tertiary/aromatic N) is 4. The van der Waals surface area contributed by atoms with E-state index >= 15 is 0 Å². The van der Waals surface area contributed by atoms with E-state index in [0.29, 0.717) is 11.4 Å². The fraction of sp³-hybridized carbons (Fsp3) is 0.125. The van der Waals surface area contributed by atoms with Gasteiger partial charge in [-0.1, -0.05) is 11.8 Å². The maximum absolute atomic E-state index is 13.7. The number of nitrogen functional groups attached to an aromatic ring is 1. The van der Waals surface area contributed by atoms with E-state index in [9.17, 15) is 18.0 Å². The molecule has 27 heavy (non-hydrogen) atoms. The van der Waals surface area contributed by atoms with Crippen LogP contribution in [0.3, 0.4) is 0 Å². The topological polar surface area (TPSA) is 98.7 Å². The van der Waals surface area contributed by atoms with Crippen LogP contribution in [0.25, 0.3) is 11.4 Å². The Bertz CT molecular complexity index is 982. The number of anilines is 1. The molecule has 3 aromatic rings. The molecule has 0 radical (unpaired) electrons. The van der Waals surface area contributed by atoms with Crippen molar-refractivity contribution in [3.63, 3.8) is 0 Å². The second-order valence-electron chi connectivity index (χ2n) is 5.39. The summed E-state index contributed by atoms with van der Waals surface area (Å²) in [4.78, 5) is 16.2. The van der Waals surface area contributed by atoms with E-state index in [1.165, 1.54) is 11.6 Å². The fourth-order valence-corrected chi connectivity index (χ4v) is 2.89. The molecule has 11 heteroatoms. The number of pyridine rings is 1. The van der Waals surface area contributed by atoms with Crippen molar-refractivity contribution in [3.05, 3.63) is 54.1 Å². The van der Waals surface area contributed by atoms with Gasteiger partial charge in [-0.3, -0.25) is 9.78 Å². The van der Waals surface area contributed by atoms with Gasteiger partial charge in [0.25, 0.3) is 0 Å². The second-order valence-corrected chi connectivity index (χ2v) is 6.70. The van der Waals surface area contributed by atoms with Gasteiger partial charge < -0.3 is 11.2 Å². The highest BCUT2D eigenvalue weighted by Gasteiger charge is 2.22. The van der Waals surface area contributed by atoms with Crippen LogP contribution in [0, 0.1) is 17.5 Å². The number of hydrogen-bond acceptors (Lipinski definition) is 6. The van der Waals surface area contributed by atoms with Crippen molar-refractivity contribution < 1.29 is 18.0 Å². The van der Waals surface area contributed by atoms with Crippen molar-refractivity contribution in [3.8, 4) is 11.4 Å². The molecule has 1 amide bonds. The number of halogens is 3. The zero-order valence-electron chi connectivity index (χ0n) is 13.9. The standard InChI is InChI=1S/C16H13F3N6OS/c1-8(15(26)22-11-5-4-10(17)12(18)13(11)19)27-16-24-23-14(25(16)20)9-3-2-6-21-7-9/h2-8H,20H2,1H3,(H,22,26)/t8-/m0/s1. The van der Waals surface area contributed by atoms with Crippen LogP contribution in [0.4, 0.5) is 18.9 Å². The molecular weight excluding hydrogens is 381 g/mol. The Morgan fingerprint density at radius 1 is 1.22 bits per heavy atom. The molecule has 2 heterocycles. The number of carbonyl (C=O) groups is 1. The first-order chi connectivity index (χ1) is 12.9. The zero-order chi connectivity index (χ0) is 19.6. The monoisotopic (exact) mass is 394 g/mol. The summed E-state index contributed by atoms with van der Waals surface area (Å²) in [6.07, 6.45) is 3.16. The number of amides is 1. The minimum atomic E-state index is -1.66. The molecule has 1 atom stereocenters. The molecule has 0 unspecified atom stereocenters. The molecule has 1 aromatic carbocycles. The third-order valence-electron chi connectivity index (χ3n) is 3.53. The first kappa shape index (κ1) is 18.7. The third kappa shape index (κ3) is 3.87. The van der Waals surface area contributed by atoms with Gasteiger partial charge >= 0.3 is 0 Å². The summed E-state index contributed by atoms with van der Waals surface area (Å²) < 4.78 is 41.1. The number of nitrogens with two attached hydrogens (primary N) is 1. The highest BCUT2D eigenvalue weighted by Crippen LogP contribution is 2.26. The molecule has 0 saturated heterocycles. The molecule has 0 aliphatic rings. The SMILES string of the molecule is C[C@H](Sc1nnc(-c2cccnc2)n1N)C(=O)Nc1ccc(F)c(F)c1F. The predicted octanol–water partition coefficient (Wildman–Crippen LogP) is 2.59. The average molecular weight is 394 g/mol. The van der Waals surface area contributed by atoms with E-state index in [4.69, 9.17) is 5.84 Å². The molecule has 3 rings (SSSR count). The Morgan fingerprint density at radius 3 is 2.70 bits per heavy atom. The van der Waals surface area contributed by atoms with Crippen molar-refractivity contribution in [2.24, 2.45) is 0 Å². The molecule has 0 bridgehead atoms. The van der Waals surface area contributed by atoms with Gasteiger partial charge in [0.1, 0.15) is 0 Å². The highest BCUT2D eigenvalue weighted by molar-refractivity contribution is 8.00. The number of carbonyl (C=O) groups excluding carboxylic acids is 1. The van der Waals surface area contributed by atoms with Crippen molar-refractivity contribution in [1.29, 1.82) is 0 Å². The Hall–Kier alpha value is -3.08. The van der Waals surface area contributed by atoms with Crippen LogP contribution in [0.5, 0.6) is 0 Å². The number of benzene rings is 1. The smallest absolute Gasteiger partial charge is 0.237 e. The molecule has 2 aromatic heterocycles. The summed E-state index contributed by atoms with van der Waals surface area (Å²) >= 11 is 0.968. The van der Waals surface area contributed by atoms with E-state index < -0.39 is 34.3 Å². The van der Waals surface area contributed by atoms with Gasteiger partial charge in [-0.2, -0.15) is 0 Å². The van der Waals surface area contributed by atoms with E-state index in [2.05, 4.69) is 20.5 Å². The van der Waals surface area contributed by atoms with E-state index in [0.717, 1.165) is 23.9 Å². The molecular formula is C16H13F3N6OS. The van der Waals surface area contributed by atoms with Gasteiger partial charge in [0.2, 0.25) is 11.1 Å². The largest absolute Gasteiger partial charge is 0.335 e. The van der Waals surface area contributed by atoms with Gasteiger partial charge in [-0.05, 0) is 31.2 Å². The van der Waals surface area contributed by atoms with Gasteiger partial charge in [-0.15, -0.1) is 10.2 Å². The normalized spacial score (nSPS) is 12.0. The molecule has 0 spiro atoms. The van der Waals surface area contributed by atoms with Crippen molar-refractivity contribution >= 4 is 23.4 Å². The fourth-order valence-electron chi connectivity index (χ4n) is 2.12. The molecule has 0 fully saturated rings. The van der Waals surface area contributed by atoms with Crippen LogP contribution in [-0.2, 0) is 4.79 Å². The Kier molecular flexibility index (Phi) is 5.31. The van der Waals surface area contributed by atoms with Gasteiger partial charge in [0.05, 0.1) is 10.9 Å². The van der Waals surface area contributed by atoms with Crippen molar-refractivity contribution in [2.45, 2.75) is 17.3 Å². The van der Waals surface area contributed by atoms with Gasteiger partial charge in [-0.25, -0.2) is 17.8 Å². The summed E-state index contributed by atoms with van der Waals surface area (Å²) in [5.74, 6) is 1.20. The quantitative estimate of drug-likeness (QED) is 0.392. The van der Waals surface area contributed by atoms with Crippen molar-refractivity contribution in [2.75, 3.05) is 11.2 Å². The molecule has 0 saturated carbocycles. The first-order valence-corrected chi connectivity index (χ1v) is 8.48. The Balaban J connectivity index is 1.72. The lowest BCUT2D eigenvalue weighted by Gasteiger charge is -2.12. The lowest BCUT2D eigenvalue weighted by atomic mass is 10.2. The van der Waals surface area contributed by atoms with Gasteiger partial charge in [0.15, 0.2) is 23.3 Å². The predicted molar refractivity (Wildman–Crippen MR) is 93.7 cm³/mol. The minimum absolute atomic E-state index is 0.238. The Morgan fingerprint density at radius 2 is 2.00 bits per heavy atom. The third-order valence-corrected chi connectivity index (χ3v) is 4.59. The molecule has 0 aliphatic carbocycles. The summed E-state index contributed by atoms with van der Waals surface area (Å²) in [6.45, 7) is 1.52.